The summed E-state index contributed by atoms with van der Waals surface area (Å²) in [6, 6.07) is 0. The Morgan fingerprint density at radius 1 is 1.44 bits per heavy atom. The Labute approximate surface area is 96.3 Å². The number of likely N-dealkylation sites (tertiary alicyclic amines) is 1. The molecule has 0 amide bonds. The molecule has 1 aliphatic heterocycles. The second-order valence-electron chi connectivity index (χ2n) is 4.20. The number of aliphatic hydroxyl groups is 1. The molecule has 1 aliphatic rings. The Hall–Kier alpha value is -0.650. The molecule has 1 N–H and O–H groups in total. The molecule has 0 aromatic heterocycles. The fourth-order valence-corrected chi connectivity index (χ4v) is 2.07. The van der Waals surface area contributed by atoms with Crippen molar-refractivity contribution in [1.82, 2.24) is 4.90 Å². The van der Waals surface area contributed by atoms with Gasteiger partial charge < -0.3 is 14.6 Å². The summed E-state index contributed by atoms with van der Waals surface area (Å²) in [4.78, 5) is 13.6. The predicted molar refractivity (Wildman–Crippen MR) is 59.0 cm³/mol. The van der Waals surface area contributed by atoms with Gasteiger partial charge in [-0.05, 0) is 5.92 Å². The quantitative estimate of drug-likeness (QED) is 0.504. The number of rotatable bonds is 6. The maximum atomic E-state index is 11.4. The molecule has 2 atom stereocenters. The van der Waals surface area contributed by atoms with Crippen LogP contribution in [0.15, 0.2) is 0 Å². The molecule has 0 saturated carbocycles. The molecule has 5 heteroatoms. The molecule has 1 fully saturated rings. The van der Waals surface area contributed by atoms with Crippen molar-refractivity contribution in [2.45, 2.75) is 6.92 Å². The fraction of sp³-hybridized carbons (Fsp3) is 0.909. The molecule has 0 aromatic rings. The monoisotopic (exact) mass is 231 g/mol. The number of esters is 1. The largest absolute Gasteiger partial charge is 0.469 e. The average molecular weight is 231 g/mol. The van der Waals surface area contributed by atoms with Gasteiger partial charge in [-0.1, -0.05) is 6.92 Å². The Bertz CT molecular complexity index is 222. The van der Waals surface area contributed by atoms with Crippen molar-refractivity contribution in [3.05, 3.63) is 0 Å². The number of carbonyl (C=O) groups is 1. The molecule has 0 aromatic carbocycles. The van der Waals surface area contributed by atoms with Gasteiger partial charge in [-0.15, -0.1) is 0 Å². The number of methoxy groups -OCH3 is 1. The maximum absolute atomic E-state index is 11.4. The van der Waals surface area contributed by atoms with E-state index in [0.717, 1.165) is 19.6 Å². The van der Waals surface area contributed by atoms with E-state index in [9.17, 15) is 4.79 Å². The Balaban J connectivity index is 2.24. The molecular weight excluding hydrogens is 210 g/mol. The van der Waals surface area contributed by atoms with E-state index in [1.54, 1.807) is 0 Å². The summed E-state index contributed by atoms with van der Waals surface area (Å²) in [7, 11) is 1.43. The van der Waals surface area contributed by atoms with Crippen LogP contribution in [0.4, 0.5) is 0 Å². The lowest BCUT2D eigenvalue weighted by molar-refractivity contribution is -0.146. The Morgan fingerprint density at radius 2 is 2.19 bits per heavy atom. The van der Waals surface area contributed by atoms with Gasteiger partial charge in [-0.2, -0.15) is 0 Å². The van der Waals surface area contributed by atoms with Gasteiger partial charge in [-0.25, -0.2) is 0 Å². The first-order valence-corrected chi connectivity index (χ1v) is 5.67. The highest BCUT2D eigenvalue weighted by Gasteiger charge is 2.35. The number of aliphatic hydroxyl groups excluding tert-OH is 1. The number of nitrogens with zero attached hydrogens (tertiary/aromatic N) is 1. The van der Waals surface area contributed by atoms with Gasteiger partial charge in [0.05, 0.1) is 32.8 Å². The summed E-state index contributed by atoms with van der Waals surface area (Å²) in [5.41, 5.74) is 0. The molecule has 2 unspecified atom stereocenters. The van der Waals surface area contributed by atoms with Crippen molar-refractivity contribution in [2.24, 2.45) is 11.8 Å². The molecule has 1 heterocycles. The summed E-state index contributed by atoms with van der Waals surface area (Å²) in [5, 5.41) is 8.55. The van der Waals surface area contributed by atoms with Crippen molar-refractivity contribution >= 4 is 5.97 Å². The van der Waals surface area contributed by atoms with E-state index in [1.807, 2.05) is 0 Å². The minimum atomic E-state index is -0.119. The number of ether oxygens (including phenoxy) is 2. The first kappa shape index (κ1) is 13.4. The zero-order valence-electron chi connectivity index (χ0n) is 10.0. The Morgan fingerprint density at radius 3 is 2.81 bits per heavy atom. The summed E-state index contributed by atoms with van der Waals surface area (Å²) in [6.07, 6.45) is 0. The van der Waals surface area contributed by atoms with Crippen LogP contribution in [-0.2, 0) is 14.3 Å². The fourth-order valence-electron chi connectivity index (χ4n) is 2.07. The zero-order chi connectivity index (χ0) is 12.0. The standard InChI is InChI=1S/C11H21NO4/c1-9-7-12(3-5-16-6-4-13)8-10(9)11(14)15-2/h9-10,13H,3-8H2,1-2H3. The molecule has 0 bridgehead atoms. The van der Waals surface area contributed by atoms with Crippen LogP contribution >= 0.6 is 0 Å². The molecule has 0 spiro atoms. The van der Waals surface area contributed by atoms with Crippen LogP contribution in [0.1, 0.15) is 6.92 Å². The normalized spacial score (nSPS) is 25.9. The van der Waals surface area contributed by atoms with Crippen molar-refractivity contribution < 1.29 is 19.4 Å². The molecule has 1 rings (SSSR count). The first-order chi connectivity index (χ1) is 7.69. The molecule has 94 valence electrons. The minimum Gasteiger partial charge on any atom is -0.469 e. The van der Waals surface area contributed by atoms with Crippen LogP contribution in [-0.4, -0.2) is 62.5 Å². The molecule has 1 saturated heterocycles. The van der Waals surface area contributed by atoms with Gasteiger partial charge in [-0.3, -0.25) is 9.69 Å². The second kappa shape index (κ2) is 6.83. The molecular formula is C11H21NO4. The SMILES string of the molecule is COC(=O)C1CN(CCOCCO)CC1C. The third-order valence-electron chi connectivity index (χ3n) is 2.98. The third-order valence-corrected chi connectivity index (χ3v) is 2.98. The van der Waals surface area contributed by atoms with Crippen LogP contribution in [0.3, 0.4) is 0 Å². The van der Waals surface area contributed by atoms with Crippen molar-refractivity contribution in [1.29, 1.82) is 0 Å². The highest BCUT2D eigenvalue weighted by Crippen LogP contribution is 2.23. The maximum Gasteiger partial charge on any atom is 0.310 e. The molecule has 5 nitrogen and oxygen atoms in total. The van der Waals surface area contributed by atoms with Gasteiger partial charge >= 0.3 is 5.97 Å². The van der Waals surface area contributed by atoms with Gasteiger partial charge in [0.15, 0.2) is 0 Å². The second-order valence-corrected chi connectivity index (χ2v) is 4.20. The highest BCUT2D eigenvalue weighted by atomic mass is 16.5. The number of hydrogen-bond acceptors (Lipinski definition) is 5. The van der Waals surface area contributed by atoms with Crippen LogP contribution in [0.25, 0.3) is 0 Å². The summed E-state index contributed by atoms with van der Waals surface area (Å²) < 4.78 is 9.96. The number of carbonyl (C=O) groups excluding carboxylic acids is 1. The van der Waals surface area contributed by atoms with Crippen LogP contribution in [0.5, 0.6) is 0 Å². The van der Waals surface area contributed by atoms with Gasteiger partial charge in [0, 0.05) is 19.6 Å². The van der Waals surface area contributed by atoms with E-state index < -0.39 is 0 Å². The topological polar surface area (TPSA) is 59.0 Å². The van der Waals surface area contributed by atoms with E-state index >= 15 is 0 Å². The Kier molecular flexibility index (Phi) is 5.73. The lowest BCUT2D eigenvalue weighted by Crippen LogP contribution is -2.27. The van der Waals surface area contributed by atoms with E-state index in [1.165, 1.54) is 7.11 Å². The first-order valence-electron chi connectivity index (χ1n) is 5.67. The van der Waals surface area contributed by atoms with E-state index in [4.69, 9.17) is 14.6 Å². The highest BCUT2D eigenvalue weighted by molar-refractivity contribution is 5.73. The zero-order valence-corrected chi connectivity index (χ0v) is 10.0. The number of hydrogen-bond donors (Lipinski definition) is 1. The van der Waals surface area contributed by atoms with Crippen molar-refractivity contribution in [2.75, 3.05) is 46.6 Å². The van der Waals surface area contributed by atoms with Crippen molar-refractivity contribution in [3.63, 3.8) is 0 Å². The van der Waals surface area contributed by atoms with E-state index in [0.29, 0.717) is 19.1 Å². The summed E-state index contributed by atoms with van der Waals surface area (Å²) in [6.45, 7) is 5.55. The van der Waals surface area contributed by atoms with Gasteiger partial charge in [0.1, 0.15) is 0 Å². The molecule has 16 heavy (non-hydrogen) atoms. The summed E-state index contributed by atoms with van der Waals surface area (Å²) >= 11 is 0. The van der Waals surface area contributed by atoms with Crippen molar-refractivity contribution in [3.8, 4) is 0 Å². The summed E-state index contributed by atoms with van der Waals surface area (Å²) in [5.74, 6) is 0.208. The van der Waals surface area contributed by atoms with Crippen LogP contribution in [0, 0.1) is 11.8 Å². The lowest BCUT2D eigenvalue weighted by Gasteiger charge is -2.14. The smallest absolute Gasteiger partial charge is 0.310 e. The van der Waals surface area contributed by atoms with Gasteiger partial charge in [0.25, 0.3) is 0 Å². The third kappa shape index (κ3) is 3.73. The minimum absolute atomic E-state index is 0.0113. The molecule has 0 aliphatic carbocycles. The van der Waals surface area contributed by atoms with Crippen LogP contribution in [0.2, 0.25) is 0 Å². The predicted octanol–water partition coefficient (Wildman–Crippen LogP) is -0.264. The van der Waals surface area contributed by atoms with E-state index in [2.05, 4.69) is 11.8 Å². The van der Waals surface area contributed by atoms with E-state index in [-0.39, 0.29) is 18.5 Å². The average Bonchev–Trinajstić information content (AvgIpc) is 2.65. The molecule has 0 radical (unpaired) electrons. The van der Waals surface area contributed by atoms with Crippen LogP contribution < -0.4 is 0 Å². The lowest BCUT2D eigenvalue weighted by atomic mass is 9.99. The van der Waals surface area contributed by atoms with Gasteiger partial charge in [0.2, 0.25) is 0 Å².